The van der Waals surface area contributed by atoms with Crippen molar-refractivity contribution in [1.29, 1.82) is 5.26 Å². The maximum Gasteiger partial charge on any atom is 0.141 e. The zero-order chi connectivity index (χ0) is 13.8. The van der Waals surface area contributed by atoms with Gasteiger partial charge in [0.25, 0.3) is 0 Å². The fraction of sp³-hybridized carbons (Fsp3) is 0.143. The van der Waals surface area contributed by atoms with Crippen LogP contribution in [0.1, 0.15) is 5.56 Å². The van der Waals surface area contributed by atoms with E-state index in [2.05, 4.69) is 11.1 Å². The van der Waals surface area contributed by atoms with Gasteiger partial charge in [-0.3, -0.25) is 4.98 Å². The first-order valence-corrected chi connectivity index (χ1v) is 6.26. The van der Waals surface area contributed by atoms with Crippen LogP contribution in [0.5, 0.6) is 5.75 Å². The zero-order valence-electron chi connectivity index (χ0n) is 10.2. The quantitative estimate of drug-likeness (QED) is 0.854. The summed E-state index contributed by atoms with van der Waals surface area (Å²) >= 11 is 12.2. The Bertz CT molecular complexity index is 650. The highest BCUT2D eigenvalue weighted by atomic mass is 35.5. The Balaban J connectivity index is 2.68. The topological polar surface area (TPSA) is 45.9 Å². The van der Waals surface area contributed by atoms with Gasteiger partial charge in [0.2, 0.25) is 0 Å². The van der Waals surface area contributed by atoms with Crippen LogP contribution in [0.4, 0.5) is 0 Å². The lowest BCUT2D eigenvalue weighted by Crippen LogP contribution is -1.96. The average molecular weight is 293 g/mol. The molecule has 1 aromatic heterocycles. The molecule has 0 spiro atoms. The number of aromatic nitrogens is 1. The summed E-state index contributed by atoms with van der Waals surface area (Å²) < 4.78 is 5.24. The lowest BCUT2D eigenvalue weighted by atomic mass is 9.99. The maximum absolute atomic E-state index is 8.95. The van der Waals surface area contributed by atoms with Crippen LogP contribution in [0, 0.1) is 11.3 Å². The summed E-state index contributed by atoms with van der Waals surface area (Å²) in [4.78, 5) is 4.11. The molecule has 1 heterocycles. The largest absolute Gasteiger partial charge is 0.495 e. The van der Waals surface area contributed by atoms with Gasteiger partial charge in [0.05, 0.1) is 35.8 Å². The first-order chi connectivity index (χ1) is 9.19. The third-order valence-electron chi connectivity index (χ3n) is 2.74. The van der Waals surface area contributed by atoms with Crippen molar-refractivity contribution >= 4 is 23.2 Å². The highest BCUT2D eigenvalue weighted by Gasteiger charge is 2.15. The average Bonchev–Trinajstić information content (AvgIpc) is 2.43. The number of benzene rings is 1. The van der Waals surface area contributed by atoms with Gasteiger partial charge in [-0.1, -0.05) is 35.3 Å². The van der Waals surface area contributed by atoms with Crippen molar-refractivity contribution in [2.24, 2.45) is 0 Å². The van der Waals surface area contributed by atoms with Crippen LogP contribution < -0.4 is 4.74 Å². The van der Waals surface area contributed by atoms with Gasteiger partial charge in [0, 0.05) is 22.9 Å². The number of rotatable bonds is 3. The van der Waals surface area contributed by atoms with Gasteiger partial charge in [0.15, 0.2) is 0 Å². The second kappa shape index (κ2) is 5.92. The van der Waals surface area contributed by atoms with Crippen LogP contribution in [-0.2, 0) is 6.42 Å². The van der Waals surface area contributed by atoms with Crippen molar-refractivity contribution in [3.05, 3.63) is 46.2 Å². The number of nitriles is 1. The second-order valence-electron chi connectivity index (χ2n) is 3.80. The van der Waals surface area contributed by atoms with E-state index in [1.165, 1.54) is 0 Å². The van der Waals surface area contributed by atoms with Crippen molar-refractivity contribution in [1.82, 2.24) is 4.98 Å². The van der Waals surface area contributed by atoms with Crippen LogP contribution in [0.3, 0.4) is 0 Å². The Hall–Kier alpha value is -1.76. The summed E-state index contributed by atoms with van der Waals surface area (Å²) in [6.07, 6.45) is 3.45. The first-order valence-electron chi connectivity index (χ1n) is 5.51. The minimum Gasteiger partial charge on any atom is -0.495 e. The standard InChI is InChI=1S/C14H10Cl2N2O/c1-19-13-8-18-7-11(9(13)5-6-17)10-3-2-4-12(15)14(10)16/h2-4,7-8H,5H2,1H3. The first kappa shape index (κ1) is 13.7. The Kier molecular flexibility index (Phi) is 4.26. The fourth-order valence-electron chi connectivity index (χ4n) is 1.85. The van der Waals surface area contributed by atoms with Gasteiger partial charge < -0.3 is 4.74 Å². The Morgan fingerprint density at radius 2 is 2.05 bits per heavy atom. The molecule has 19 heavy (non-hydrogen) atoms. The molecule has 0 aliphatic rings. The molecule has 3 nitrogen and oxygen atoms in total. The molecule has 5 heteroatoms. The predicted octanol–water partition coefficient (Wildman–Crippen LogP) is 4.13. The number of hydrogen-bond donors (Lipinski definition) is 0. The Morgan fingerprint density at radius 1 is 1.26 bits per heavy atom. The molecule has 2 aromatic rings. The van der Waals surface area contributed by atoms with Crippen molar-refractivity contribution < 1.29 is 4.74 Å². The monoisotopic (exact) mass is 292 g/mol. The molecular formula is C14H10Cl2N2O. The van der Waals surface area contributed by atoms with E-state index in [0.29, 0.717) is 15.8 Å². The minimum atomic E-state index is 0.212. The summed E-state index contributed by atoms with van der Waals surface area (Å²) in [7, 11) is 1.54. The molecule has 0 fully saturated rings. The summed E-state index contributed by atoms with van der Waals surface area (Å²) in [6, 6.07) is 7.48. The molecule has 0 bridgehead atoms. The highest BCUT2D eigenvalue weighted by Crippen LogP contribution is 2.37. The summed E-state index contributed by atoms with van der Waals surface area (Å²) in [6.45, 7) is 0. The molecule has 0 amide bonds. The van der Waals surface area contributed by atoms with E-state index in [4.69, 9.17) is 33.2 Å². The van der Waals surface area contributed by atoms with Crippen molar-refractivity contribution in [2.75, 3.05) is 7.11 Å². The molecule has 0 saturated carbocycles. The normalized spacial score (nSPS) is 10.0. The Morgan fingerprint density at radius 3 is 2.74 bits per heavy atom. The van der Waals surface area contributed by atoms with E-state index in [1.807, 2.05) is 6.07 Å². The molecule has 1 aromatic carbocycles. The van der Waals surface area contributed by atoms with Crippen molar-refractivity contribution in [2.45, 2.75) is 6.42 Å². The van der Waals surface area contributed by atoms with Gasteiger partial charge in [0.1, 0.15) is 5.75 Å². The van der Waals surface area contributed by atoms with Gasteiger partial charge in [-0.25, -0.2) is 0 Å². The van der Waals surface area contributed by atoms with Crippen molar-refractivity contribution in [3.63, 3.8) is 0 Å². The molecule has 96 valence electrons. The van der Waals surface area contributed by atoms with Crippen LogP contribution in [0.25, 0.3) is 11.1 Å². The van der Waals surface area contributed by atoms with E-state index in [0.717, 1.165) is 16.7 Å². The van der Waals surface area contributed by atoms with Crippen LogP contribution in [-0.4, -0.2) is 12.1 Å². The predicted molar refractivity (Wildman–Crippen MR) is 75.6 cm³/mol. The van der Waals surface area contributed by atoms with Crippen LogP contribution in [0.15, 0.2) is 30.6 Å². The number of nitrogens with zero attached hydrogens (tertiary/aromatic N) is 2. The third-order valence-corrected chi connectivity index (χ3v) is 3.55. The van der Waals surface area contributed by atoms with Crippen LogP contribution in [0.2, 0.25) is 10.0 Å². The minimum absolute atomic E-state index is 0.212. The summed E-state index contributed by atoms with van der Waals surface area (Å²) in [5, 5.41) is 9.86. The second-order valence-corrected chi connectivity index (χ2v) is 4.59. The summed E-state index contributed by atoms with van der Waals surface area (Å²) in [5.41, 5.74) is 2.25. The molecule has 0 unspecified atom stereocenters. The molecule has 0 N–H and O–H groups in total. The van der Waals surface area contributed by atoms with E-state index >= 15 is 0 Å². The lowest BCUT2D eigenvalue weighted by molar-refractivity contribution is 0.409. The number of hydrogen-bond acceptors (Lipinski definition) is 3. The van der Waals surface area contributed by atoms with Crippen molar-refractivity contribution in [3.8, 4) is 22.9 Å². The molecule has 0 aliphatic carbocycles. The number of methoxy groups -OCH3 is 1. The molecular weight excluding hydrogens is 283 g/mol. The van der Waals surface area contributed by atoms with E-state index < -0.39 is 0 Å². The fourth-order valence-corrected chi connectivity index (χ4v) is 2.25. The third kappa shape index (κ3) is 2.65. The van der Waals surface area contributed by atoms with Gasteiger partial charge in [-0.2, -0.15) is 5.26 Å². The Labute approximate surface area is 121 Å². The molecule has 2 rings (SSSR count). The molecule has 0 radical (unpaired) electrons. The molecule has 0 saturated heterocycles. The molecule has 0 atom stereocenters. The van der Waals surface area contributed by atoms with E-state index in [-0.39, 0.29) is 6.42 Å². The van der Waals surface area contributed by atoms with Gasteiger partial charge in [-0.05, 0) is 6.07 Å². The van der Waals surface area contributed by atoms with E-state index in [1.54, 1.807) is 31.6 Å². The lowest BCUT2D eigenvalue weighted by Gasteiger charge is -2.12. The van der Waals surface area contributed by atoms with Crippen LogP contribution >= 0.6 is 23.2 Å². The SMILES string of the molecule is COc1cncc(-c2cccc(Cl)c2Cl)c1CC#N. The smallest absolute Gasteiger partial charge is 0.141 e. The zero-order valence-corrected chi connectivity index (χ0v) is 11.7. The number of ether oxygens (including phenoxy) is 1. The number of pyridine rings is 1. The highest BCUT2D eigenvalue weighted by molar-refractivity contribution is 6.43. The van der Waals surface area contributed by atoms with E-state index in [9.17, 15) is 0 Å². The van der Waals surface area contributed by atoms with Gasteiger partial charge >= 0.3 is 0 Å². The molecule has 0 aliphatic heterocycles. The maximum atomic E-state index is 8.95. The van der Waals surface area contributed by atoms with Gasteiger partial charge in [-0.15, -0.1) is 0 Å². The number of halogens is 2. The summed E-state index contributed by atoms with van der Waals surface area (Å²) in [5.74, 6) is 0.565.